The van der Waals surface area contributed by atoms with Gasteiger partial charge in [-0.3, -0.25) is 9.58 Å². The Labute approximate surface area is 257 Å². The van der Waals surface area contributed by atoms with Crippen molar-refractivity contribution in [1.29, 1.82) is 0 Å². The Kier molecular flexibility index (Phi) is 8.76. The summed E-state index contributed by atoms with van der Waals surface area (Å²) in [6.45, 7) is 5.65. The van der Waals surface area contributed by atoms with Gasteiger partial charge in [-0.15, -0.1) is 5.10 Å². The first kappa shape index (κ1) is 30.6. The minimum Gasteiger partial charge on any atom is -0.490 e. The van der Waals surface area contributed by atoms with Gasteiger partial charge in [0.2, 0.25) is 11.8 Å². The molecular formula is C29H35F3N10O3. The number of ether oxygens (including phenoxy) is 3. The van der Waals surface area contributed by atoms with Gasteiger partial charge >= 0.3 is 6.18 Å². The first-order valence-corrected chi connectivity index (χ1v) is 14.7. The van der Waals surface area contributed by atoms with Crippen LogP contribution >= 0.6 is 0 Å². The molecule has 0 radical (unpaired) electrons. The molecule has 0 amide bonds. The number of fused-ring (bicyclic) bond motifs is 6. The number of anilines is 2. The summed E-state index contributed by atoms with van der Waals surface area (Å²) in [6, 6.07) is 3.38. The van der Waals surface area contributed by atoms with Crippen LogP contribution in [0.1, 0.15) is 13.3 Å². The molecule has 16 heteroatoms. The third-order valence-electron chi connectivity index (χ3n) is 7.63. The topological polar surface area (TPSA) is 121 Å². The number of aromatic nitrogens is 7. The summed E-state index contributed by atoms with van der Waals surface area (Å²) in [5.41, 5.74) is 1.44. The second kappa shape index (κ2) is 12.9. The van der Waals surface area contributed by atoms with E-state index in [1.54, 1.807) is 47.1 Å². The monoisotopic (exact) mass is 628 g/mol. The lowest BCUT2D eigenvalue weighted by Gasteiger charge is -2.32. The Hall–Kier alpha value is -4.44. The zero-order chi connectivity index (χ0) is 31.6. The molecule has 45 heavy (non-hydrogen) atoms. The van der Waals surface area contributed by atoms with Crippen LogP contribution in [-0.4, -0.2) is 110 Å². The number of nitrogens with zero attached hydrogens (tertiary/aromatic N) is 9. The molecule has 4 aromatic rings. The minimum absolute atomic E-state index is 0.146. The smallest absolute Gasteiger partial charge is 0.422 e. The lowest BCUT2D eigenvalue weighted by molar-refractivity contribution is -0.154. The van der Waals surface area contributed by atoms with Gasteiger partial charge in [0, 0.05) is 76.4 Å². The SMILES string of the molecule is C[C@H]1CCOc2c(cnn2C)-c2nccc(n2)Nc2cc(c(-c3cn(CCN4CCN(C)CC4)nc3OCC(F)(F)F)cn2)O1. The van der Waals surface area contributed by atoms with Crippen molar-refractivity contribution in [2.45, 2.75) is 32.2 Å². The van der Waals surface area contributed by atoms with E-state index in [0.717, 1.165) is 26.2 Å². The summed E-state index contributed by atoms with van der Waals surface area (Å²) in [5, 5.41) is 11.9. The zero-order valence-corrected chi connectivity index (χ0v) is 25.3. The van der Waals surface area contributed by atoms with Gasteiger partial charge in [0.05, 0.1) is 31.0 Å². The van der Waals surface area contributed by atoms with Crippen LogP contribution in [0.2, 0.25) is 0 Å². The van der Waals surface area contributed by atoms with Crippen molar-refractivity contribution in [3.05, 3.63) is 36.9 Å². The van der Waals surface area contributed by atoms with Crippen molar-refractivity contribution in [2.75, 3.05) is 58.3 Å². The number of halogens is 3. The molecule has 4 aromatic heterocycles. The predicted molar refractivity (Wildman–Crippen MR) is 159 cm³/mol. The maximum absolute atomic E-state index is 13.2. The average Bonchev–Trinajstić information content (AvgIpc) is 3.58. The molecule has 0 spiro atoms. The molecule has 1 fully saturated rings. The van der Waals surface area contributed by atoms with Crippen LogP contribution in [0.25, 0.3) is 22.5 Å². The van der Waals surface area contributed by atoms with Gasteiger partial charge in [-0.1, -0.05) is 0 Å². The van der Waals surface area contributed by atoms with E-state index in [1.165, 1.54) is 6.20 Å². The Morgan fingerprint density at radius 1 is 1.02 bits per heavy atom. The maximum atomic E-state index is 13.2. The fourth-order valence-electron chi connectivity index (χ4n) is 5.12. The maximum Gasteiger partial charge on any atom is 0.422 e. The van der Waals surface area contributed by atoms with Gasteiger partial charge in [0.1, 0.15) is 22.9 Å². The summed E-state index contributed by atoms with van der Waals surface area (Å²) in [6.07, 6.45) is 2.12. The summed E-state index contributed by atoms with van der Waals surface area (Å²) in [5.74, 6) is 2.08. The number of likely N-dealkylation sites (N-methyl/N-ethyl adjacent to an activating group) is 1. The molecule has 0 unspecified atom stereocenters. The number of aryl methyl sites for hydroxylation is 1. The standard InChI is InChI=1S/C29H35F3N10O3/c1-19-5-13-43-28-21(16-35-40(28)3)26-33-6-4-24(37-26)36-25-14-23(45-19)20(15-34-25)22-17-42(38-27(22)44-18-29(30,31)32)12-11-41-9-7-39(2)8-10-41/h4,6,14-17,19H,5,7-13,18H2,1-3H3,(H,33,34,36,37)/t19-/m0/s1. The molecule has 0 saturated carbocycles. The van der Waals surface area contributed by atoms with Crippen LogP contribution in [0.5, 0.6) is 17.5 Å². The molecule has 2 aliphatic heterocycles. The molecule has 0 aliphatic carbocycles. The van der Waals surface area contributed by atoms with Gasteiger partial charge in [-0.25, -0.2) is 19.6 Å². The van der Waals surface area contributed by atoms with Crippen molar-refractivity contribution < 1.29 is 27.4 Å². The van der Waals surface area contributed by atoms with Crippen molar-refractivity contribution in [2.24, 2.45) is 7.05 Å². The van der Waals surface area contributed by atoms with Gasteiger partial charge in [0.25, 0.3) is 0 Å². The van der Waals surface area contributed by atoms with Crippen molar-refractivity contribution >= 4 is 11.6 Å². The molecule has 0 aromatic carbocycles. The normalized spacial score (nSPS) is 17.9. The number of alkyl halides is 3. The number of nitrogens with one attached hydrogen (secondary N) is 1. The predicted octanol–water partition coefficient (Wildman–Crippen LogP) is 3.62. The van der Waals surface area contributed by atoms with Gasteiger partial charge in [-0.05, 0) is 20.0 Å². The first-order chi connectivity index (χ1) is 21.6. The third-order valence-corrected chi connectivity index (χ3v) is 7.63. The average molecular weight is 629 g/mol. The largest absolute Gasteiger partial charge is 0.490 e. The van der Waals surface area contributed by atoms with Crippen LogP contribution in [0.4, 0.5) is 24.8 Å². The highest BCUT2D eigenvalue weighted by atomic mass is 19.4. The van der Waals surface area contributed by atoms with E-state index in [9.17, 15) is 13.2 Å². The Morgan fingerprint density at radius 3 is 2.64 bits per heavy atom. The van der Waals surface area contributed by atoms with E-state index >= 15 is 0 Å². The summed E-state index contributed by atoms with van der Waals surface area (Å²) in [7, 11) is 3.86. The zero-order valence-electron chi connectivity index (χ0n) is 25.3. The van der Waals surface area contributed by atoms with E-state index in [-0.39, 0.29) is 12.0 Å². The summed E-state index contributed by atoms with van der Waals surface area (Å²) >= 11 is 0. The summed E-state index contributed by atoms with van der Waals surface area (Å²) in [4.78, 5) is 18.1. The highest BCUT2D eigenvalue weighted by Crippen LogP contribution is 2.38. The molecule has 4 bridgehead atoms. The molecule has 1 N–H and O–H groups in total. The molecule has 240 valence electrons. The van der Waals surface area contributed by atoms with Crippen LogP contribution in [0.3, 0.4) is 0 Å². The number of hydrogen-bond acceptors (Lipinski definition) is 11. The van der Waals surface area contributed by atoms with E-state index < -0.39 is 12.8 Å². The fourth-order valence-corrected chi connectivity index (χ4v) is 5.12. The molecule has 1 atom stereocenters. The quantitative estimate of drug-likeness (QED) is 0.337. The lowest BCUT2D eigenvalue weighted by atomic mass is 10.1. The lowest BCUT2D eigenvalue weighted by Crippen LogP contribution is -2.45. The Bertz CT molecular complexity index is 1620. The number of pyridine rings is 1. The third kappa shape index (κ3) is 7.45. The van der Waals surface area contributed by atoms with Crippen molar-refractivity contribution in [1.82, 2.24) is 44.3 Å². The molecule has 1 saturated heterocycles. The molecule has 2 aliphatic rings. The van der Waals surface area contributed by atoms with Crippen LogP contribution in [0.15, 0.2) is 36.9 Å². The van der Waals surface area contributed by atoms with Crippen LogP contribution < -0.4 is 19.5 Å². The first-order valence-electron chi connectivity index (χ1n) is 14.7. The van der Waals surface area contributed by atoms with Gasteiger partial charge in [-0.2, -0.15) is 18.3 Å². The number of rotatable bonds is 6. The molecule has 6 heterocycles. The van der Waals surface area contributed by atoms with E-state index in [4.69, 9.17) is 14.2 Å². The van der Waals surface area contributed by atoms with E-state index in [1.807, 2.05) is 6.92 Å². The highest BCUT2D eigenvalue weighted by Gasteiger charge is 2.30. The van der Waals surface area contributed by atoms with Gasteiger partial charge in [0.15, 0.2) is 12.4 Å². The van der Waals surface area contributed by atoms with Crippen LogP contribution in [0, 0.1) is 0 Å². The summed E-state index contributed by atoms with van der Waals surface area (Å²) < 4.78 is 60.6. The van der Waals surface area contributed by atoms with Crippen LogP contribution in [-0.2, 0) is 13.6 Å². The van der Waals surface area contributed by atoms with E-state index in [0.29, 0.717) is 71.9 Å². The number of piperazine rings is 1. The number of hydrogen-bond donors (Lipinski definition) is 1. The molecular weight excluding hydrogens is 593 g/mol. The minimum atomic E-state index is -4.53. The Balaban J connectivity index is 1.32. The fraction of sp³-hybridized carbons (Fsp3) is 0.483. The molecule has 6 rings (SSSR count). The highest BCUT2D eigenvalue weighted by molar-refractivity contribution is 5.75. The second-order valence-electron chi connectivity index (χ2n) is 11.2. The second-order valence-corrected chi connectivity index (χ2v) is 11.2. The molecule has 13 nitrogen and oxygen atoms in total. The van der Waals surface area contributed by atoms with E-state index in [2.05, 4.69) is 47.3 Å². The van der Waals surface area contributed by atoms with Crippen molar-refractivity contribution in [3.8, 4) is 40.0 Å². The van der Waals surface area contributed by atoms with Crippen molar-refractivity contribution in [3.63, 3.8) is 0 Å². The van der Waals surface area contributed by atoms with Gasteiger partial charge < -0.3 is 24.4 Å². The Morgan fingerprint density at radius 2 is 1.84 bits per heavy atom.